The molecule has 0 atom stereocenters. The molecule has 1 aliphatic rings. The highest BCUT2D eigenvalue weighted by atomic mass is 35.5. The van der Waals surface area contributed by atoms with Crippen LogP contribution in [0.4, 0.5) is 5.82 Å². The third-order valence-electron chi connectivity index (χ3n) is 2.87. The van der Waals surface area contributed by atoms with Gasteiger partial charge in [0.2, 0.25) is 5.91 Å². The van der Waals surface area contributed by atoms with Crippen LogP contribution in [-0.2, 0) is 11.8 Å². The van der Waals surface area contributed by atoms with Crippen molar-refractivity contribution in [3.8, 4) is 0 Å². The molecule has 3 rings (SSSR count). The van der Waals surface area contributed by atoms with E-state index in [1.165, 1.54) is 0 Å². The summed E-state index contributed by atoms with van der Waals surface area (Å²) in [6.45, 7) is 0. The van der Waals surface area contributed by atoms with Crippen molar-refractivity contribution in [3.05, 3.63) is 17.5 Å². The maximum absolute atomic E-state index is 11.7. The largest absolute Gasteiger partial charge is 0.334 e. The van der Waals surface area contributed by atoms with Gasteiger partial charge in [0.05, 0.1) is 11.8 Å². The summed E-state index contributed by atoms with van der Waals surface area (Å²) in [5.74, 6) is 0.589. The summed E-state index contributed by atoms with van der Waals surface area (Å²) in [6, 6.07) is 1.73. The number of halogens is 1. The van der Waals surface area contributed by atoms with E-state index in [0.29, 0.717) is 16.5 Å². The molecule has 2 aromatic heterocycles. The van der Waals surface area contributed by atoms with Gasteiger partial charge in [0.15, 0.2) is 5.82 Å². The number of amides is 1. The number of hydrogen-bond acceptors (Lipinski definition) is 3. The van der Waals surface area contributed by atoms with Gasteiger partial charge < -0.3 is 9.88 Å². The maximum Gasteiger partial charge on any atom is 0.228 e. The molecule has 0 aromatic carbocycles. The third-order valence-corrected chi connectivity index (χ3v) is 3.06. The molecule has 0 radical (unpaired) electrons. The molecule has 0 saturated heterocycles. The molecule has 1 amide bonds. The lowest BCUT2D eigenvalue weighted by Gasteiger charge is -2.05. The van der Waals surface area contributed by atoms with Crippen molar-refractivity contribution in [1.29, 1.82) is 0 Å². The standard InChI is InChI=1S/C11H11ClN4O/c1-16-5-13-9-7(16)4-8(12)14-10(9)15-11(17)6-2-3-6/h4-6H,2-3H2,1H3,(H,14,15,17). The molecule has 2 heterocycles. The van der Waals surface area contributed by atoms with Crippen LogP contribution in [0.25, 0.3) is 11.0 Å². The number of anilines is 1. The number of carbonyl (C=O) groups excluding carboxylic acids is 1. The monoisotopic (exact) mass is 250 g/mol. The minimum Gasteiger partial charge on any atom is -0.334 e. The molecule has 6 heteroatoms. The topological polar surface area (TPSA) is 59.8 Å². The molecular formula is C11H11ClN4O. The van der Waals surface area contributed by atoms with Gasteiger partial charge in [-0.05, 0) is 12.8 Å². The molecule has 2 aromatic rings. The fourth-order valence-corrected chi connectivity index (χ4v) is 1.94. The molecule has 88 valence electrons. The van der Waals surface area contributed by atoms with Crippen LogP contribution in [-0.4, -0.2) is 20.4 Å². The van der Waals surface area contributed by atoms with Crippen LogP contribution in [0.1, 0.15) is 12.8 Å². The molecule has 1 aliphatic carbocycles. The molecular weight excluding hydrogens is 240 g/mol. The number of nitrogens with zero attached hydrogens (tertiary/aromatic N) is 3. The number of carbonyl (C=O) groups is 1. The van der Waals surface area contributed by atoms with E-state index in [4.69, 9.17) is 11.6 Å². The summed E-state index contributed by atoms with van der Waals surface area (Å²) < 4.78 is 1.84. The quantitative estimate of drug-likeness (QED) is 0.829. The molecule has 1 saturated carbocycles. The lowest BCUT2D eigenvalue weighted by Crippen LogP contribution is -2.14. The van der Waals surface area contributed by atoms with Gasteiger partial charge in [0, 0.05) is 19.0 Å². The normalized spacial score (nSPS) is 15.2. The van der Waals surface area contributed by atoms with Gasteiger partial charge in [0.25, 0.3) is 0 Å². The first kappa shape index (κ1) is 10.5. The van der Waals surface area contributed by atoms with Crippen LogP contribution in [0, 0.1) is 5.92 Å². The second kappa shape index (κ2) is 3.70. The molecule has 0 unspecified atom stereocenters. The van der Waals surface area contributed by atoms with Gasteiger partial charge in [0.1, 0.15) is 10.7 Å². The Bertz CT molecular complexity index is 603. The van der Waals surface area contributed by atoms with Crippen molar-refractivity contribution in [2.24, 2.45) is 13.0 Å². The summed E-state index contributed by atoms with van der Waals surface area (Å²) in [4.78, 5) is 20.0. The molecule has 1 fully saturated rings. The Hall–Kier alpha value is -1.62. The second-order valence-corrected chi connectivity index (χ2v) is 4.67. The first-order valence-electron chi connectivity index (χ1n) is 5.43. The molecule has 17 heavy (non-hydrogen) atoms. The fourth-order valence-electron chi connectivity index (χ4n) is 1.75. The highest BCUT2D eigenvalue weighted by Gasteiger charge is 2.30. The lowest BCUT2D eigenvalue weighted by atomic mass is 10.3. The van der Waals surface area contributed by atoms with E-state index in [2.05, 4.69) is 15.3 Å². The van der Waals surface area contributed by atoms with Crippen molar-refractivity contribution in [2.45, 2.75) is 12.8 Å². The Balaban J connectivity index is 2.04. The van der Waals surface area contributed by atoms with Gasteiger partial charge in [-0.25, -0.2) is 9.97 Å². The van der Waals surface area contributed by atoms with Crippen molar-refractivity contribution in [2.75, 3.05) is 5.32 Å². The zero-order valence-electron chi connectivity index (χ0n) is 9.27. The Morgan fingerprint density at radius 3 is 3.06 bits per heavy atom. The predicted molar refractivity (Wildman–Crippen MR) is 64.9 cm³/mol. The van der Waals surface area contributed by atoms with E-state index in [-0.39, 0.29) is 11.8 Å². The van der Waals surface area contributed by atoms with Crippen LogP contribution >= 0.6 is 11.6 Å². The molecule has 0 spiro atoms. The van der Waals surface area contributed by atoms with E-state index >= 15 is 0 Å². The predicted octanol–water partition coefficient (Wildman–Crippen LogP) is 1.97. The Labute approximate surface area is 103 Å². The number of imidazole rings is 1. The smallest absolute Gasteiger partial charge is 0.228 e. The van der Waals surface area contributed by atoms with Crippen molar-refractivity contribution >= 4 is 34.4 Å². The van der Waals surface area contributed by atoms with E-state index < -0.39 is 0 Å². The number of hydrogen-bond donors (Lipinski definition) is 1. The van der Waals surface area contributed by atoms with Crippen molar-refractivity contribution in [3.63, 3.8) is 0 Å². The summed E-state index contributed by atoms with van der Waals surface area (Å²) in [5, 5.41) is 3.14. The van der Waals surface area contributed by atoms with E-state index in [1.54, 1.807) is 12.4 Å². The minimum atomic E-state index is 0.00622. The first-order valence-corrected chi connectivity index (χ1v) is 5.81. The first-order chi connectivity index (χ1) is 8.15. The van der Waals surface area contributed by atoms with Gasteiger partial charge in [-0.1, -0.05) is 11.6 Å². The summed E-state index contributed by atoms with van der Waals surface area (Å²) in [7, 11) is 1.87. The number of fused-ring (bicyclic) bond motifs is 1. The zero-order valence-corrected chi connectivity index (χ0v) is 10.0. The van der Waals surface area contributed by atoms with Crippen LogP contribution < -0.4 is 5.32 Å². The Kier molecular flexibility index (Phi) is 2.29. The number of rotatable bonds is 2. The second-order valence-electron chi connectivity index (χ2n) is 4.28. The Morgan fingerprint density at radius 2 is 2.35 bits per heavy atom. The number of pyridine rings is 1. The van der Waals surface area contributed by atoms with E-state index in [9.17, 15) is 4.79 Å². The van der Waals surface area contributed by atoms with Gasteiger partial charge in [-0.15, -0.1) is 0 Å². The maximum atomic E-state index is 11.7. The van der Waals surface area contributed by atoms with E-state index in [1.807, 2.05) is 11.6 Å². The average molecular weight is 251 g/mol. The average Bonchev–Trinajstić information content (AvgIpc) is 3.05. The van der Waals surface area contributed by atoms with Crippen molar-refractivity contribution in [1.82, 2.24) is 14.5 Å². The number of aromatic nitrogens is 3. The Morgan fingerprint density at radius 1 is 1.59 bits per heavy atom. The highest BCUT2D eigenvalue weighted by Crippen LogP contribution is 2.31. The fraction of sp³-hybridized carbons (Fsp3) is 0.364. The van der Waals surface area contributed by atoms with Crippen LogP contribution in [0.15, 0.2) is 12.4 Å². The molecule has 0 bridgehead atoms. The van der Waals surface area contributed by atoms with Gasteiger partial charge in [-0.3, -0.25) is 4.79 Å². The van der Waals surface area contributed by atoms with Crippen LogP contribution in [0.3, 0.4) is 0 Å². The summed E-state index contributed by atoms with van der Waals surface area (Å²) in [6.07, 6.45) is 3.59. The van der Waals surface area contributed by atoms with Crippen LogP contribution in [0.5, 0.6) is 0 Å². The third kappa shape index (κ3) is 1.86. The lowest BCUT2D eigenvalue weighted by molar-refractivity contribution is -0.117. The SMILES string of the molecule is Cn1cnc2c(NC(=O)C3CC3)nc(Cl)cc21. The molecule has 5 nitrogen and oxygen atoms in total. The molecule has 0 aliphatic heterocycles. The van der Waals surface area contributed by atoms with Crippen LogP contribution in [0.2, 0.25) is 5.15 Å². The summed E-state index contributed by atoms with van der Waals surface area (Å²) >= 11 is 5.93. The van der Waals surface area contributed by atoms with Gasteiger partial charge in [-0.2, -0.15) is 0 Å². The van der Waals surface area contributed by atoms with E-state index in [0.717, 1.165) is 18.4 Å². The highest BCUT2D eigenvalue weighted by molar-refractivity contribution is 6.30. The number of aryl methyl sites for hydroxylation is 1. The summed E-state index contributed by atoms with van der Waals surface area (Å²) in [5.41, 5.74) is 1.53. The molecule has 1 N–H and O–H groups in total. The van der Waals surface area contributed by atoms with Gasteiger partial charge >= 0.3 is 0 Å². The van der Waals surface area contributed by atoms with Crippen molar-refractivity contribution < 1.29 is 4.79 Å². The number of nitrogens with one attached hydrogen (secondary N) is 1. The zero-order chi connectivity index (χ0) is 12.0. The minimum absolute atomic E-state index is 0.00622.